The number of nitrogens with zero attached hydrogens (tertiary/aromatic N) is 2. The highest BCUT2D eigenvalue weighted by atomic mass is 35.5. The number of hydrogen-bond acceptors (Lipinski definition) is 3. The molecule has 0 radical (unpaired) electrons. The van der Waals surface area contributed by atoms with E-state index in [4.69, 9.17) is 11.6 Å². The first-order valence-corrected chi connectivity index (χ1v) is 6.79. The van der Waals surface area contributed by atoms with Crippen LogP contribution in [0.2, 0.25) is 5.02 Å². The Labute approximate surface area is 136 Å². The van der Waals surface area contributed by atoms with Crippen molar-refractivity contribution in [3.05, 3.63) is 65.2 Å². The first kappa shape index (κ1) is 18.7. The lowest BCUT2D eigenvalue weighted by Crippen LogP contribution is -2.30. The molecule has 0 aliphatic heterocycles. The summed E-state index contributed by atoms with van der Waals surface area (Å²) in [5.41, 5.74) is 0.115. The first-order valence-electron chi connectivity index (χ1n) is 6.01. The maximum Gasteiger partial charge on any atom is 0.408 e. The van der Waals surface area contributed by atoms with Gasteiger partial charge in [-0.25, -0.2) is 8.70 Å². The molecule has 2 rings (SSSR count). The predicted molar refractivity (Wildman–Crippen MR) is 81.2 cm³/mol. The van der Waals surface area contributed by atoms with Crippen LogP contribution in [0.5, 0.6) is 0 Å². The third-order valence-corrected chi connectivity index (χ3v) is 2.98. The van der Waals surface area contributed by atoms with Crippen LogP contribution in [0.4, 0.5) is 17.6 Å². The molecule has 0 spiro atoms. The number of aromatic nitrogens is 1. The Kier molecular flexibility index (Phi) is 7.12. The molecule has 0 bridgehead atoms. The molecule has 22 heavy (non-hydrogen) atoms. The van der Waals surface area contributed by atoms with Crippen LogP contribution in [0.25, 0.3) is 0 Å². The molecule has 120 valence electrons. The highest BCUT2D eigenvalue weighted by Gasteiger charge is 2.42. The van der Waals surface area contributed by atoms with Crippen molar-refractivity contribution in [3.8, 4) is 0 Å². The summed E-state index contributed by atoms with van der Waals surface area (Å²) in [6, 6.07) is 6.71. The van der Waals surface area contributed by atoms with Crippen LogP contribution in [0.15, 0.2) is 48.8 Å². The molecule has 0 amide bonds. The molecular formula is C14H13ClF4N2S. The van der Waals surface area contributed by atoms with Crippen molar-refractivity contribution in [2.45, 2.75) is 12.2 Å². The summed E-state index contributed by atoms with van der Waals surface area (Å²) in [6.45, 7) is 0. The van der Waals surface area contributed by atoms with Gasteiger partial charge in [0.2, 0.25) is 0 Å². The van der Waals surface area contributed by atoms with E-state index in [0.29, 0.717) is 5.02 Å². The van der Waals surface area contributed by atoms with Crippen molar-refractivity contribution in [2.24, 2.45) is 0 Å². The maximum absolute atomic E-state index is 12.6. The van der Waals surface area contributed by atoms with Crippen LogP contribution in [0, 0.1) is 5.82 Å². The minimum atomic E-state index is -4.36. The third-order valence-electron chi connectivity index (χ3n) is 2.49. The monoisotopic (exact) mass is 352 g/mol. The van der Waals surface area contributed by atoms with E-state index < -0.39 is 12.2 Å². The molecule has 0 aliphatic rings. The van der Waals surface area contributed by atoms with E-state index in [9.17, 15) is 17.6 Å². The lowest BCUT2D eigenvalue weighted by molar-refractivity contribution is -0.169. The summed E-state index contributed by atoms with van der Waals surface area (Å²) < 4.78 is 50.6. The number of benzene rings is 1. The zero-order valence-electron chi connectivity index (χ0n) is 11.4. The van der Waals surface area contributed by atoms with Crippen LogP contribution in [0.3, 0.4) is 0 Å². The van der Waals surface area contributed by atoms with Crippen molar-refractivity contribution in [2.75, 3.05) is 7.05 Å². The van der Waals surface area contributed by atoms with E-state index >= 15 is 0 Å². The Morgan fingerprint density at radius 3 is 2.09 bits per heavy atom. The van der Waals surface area contributed by atoms with Crippen molar-refractivity contribution < 1.29 is 17.6 Å². The molecule has 0 aliphatic carbocycles. The van der Waals surface area contributed by atoms with Crippen molar-refractivity contribution in [1.29, 1.82) is 0 Å². The zero-order valence-corrected chi connectivity index (χ0v) is 13.1. The molecule has 0 fully saturated rings. The number of hydrogen-bond donors (Lipinski definition) is 1. The van der Waals surface area contributed by atoms with Crippen molar-refractivity contribution >= 4 is 24.4 Å². The minimum Gasteiger partial charge on any atom is -0.262 e. The van der Waals surface area contributed by atoms with Crippen LogP contribution in [-0.2, 0) is 0 Å². The Morgan fingerprint density at radius 2 is 1.77 bits per heavy atom. The SMILES string of the molecule is CN(S)C(c1ccc(Cl)cc1)C(F)(F)F.Fc1cccnc1. The number of alkyl halides is 3. The lowest BCUT2D eigenvalue weighted by atomic mass is 10.1. The second-order valence-corrected chi connectivity index (χ2v) is 5.31. The Morgan fingerprint density at radius 1 is 1.18 bits per heavy atom. The molecule has 1 unspecified atom stereocenters. The number of halogens is 5. The molecular weight excluding hydrogens is 340 g/mol. The standard InChI is InChI=1S/C9H9ClF3NS.C5H4FN/c1-14(15)8(9(11,12)13)6-2-4-7(10)5-3-6;6-5-2-1-3-7-4-5/h2-5,8,15H,1H3;1-4H. The van der Waals surface area contributed by atoms with Crippen LogP contribution < -0.4 is 0 Å². The average molecular weight is 353 g/mol. The highest BCUT2D eigenvalue weighted by molar-refractivity contribution is 7.77. The molecule has 1 aromatic heterocycles. The summed E-state index contributed by atoms with van der Waals surface area (Å²) in [7, 11) is 1.26. The largest absolute Gasteiger partial charge is 0.408 e. The van der Waals surface area contributed by atoms with Gasteiger partial charge in [0.15, 0.2) is 0 Å². The fourth-order valence-corrected chi connectivity index (χ4v) is 1.99. The smallest absolute Gasteiger partial charge is 0.262 e. The Hall–Kier alpha value is -1.31. The maximum atomic E-state index is 12.6. The van der Waals surface area contributed by atoms with E-state index in [1.54, 1.807) is 6.07 Å². The van der Waals surface area contributed by atoms with Gasteiger partial charge in [0, 0.05) is 11.2 Å². The van der Waals surface area contributed by atoms with E-state index in [-0.39, 0.29) is 11.4 Å². The second kappa shape index (κ2) is 8.36. The molecule has 1 atom stereocenters. The average Bonchev–Trinajstić information content (AvgIpc) is 2.41. The van der Waals surface area contributed by atoms with Crippen molar-refractivity contribution in [1.82, 2.24) is 9.29 Å². The fourth-order valence-electron chi connectivity index (χ4n) is 1.60. The topological polar surface area (TPSA) is 16.1 Å². The van der Waals surface area contributed by atoms with Crippen LogP contribution in [0.1, 0.15) is 11.6 Å². The second-order valence-electron chi connectivity index (χ2n) is 4.24. The van der Waals surface area contributed by atoms with E-state index in [0.717, 1.165) is 4.31 Å². The molecule has 0 saturated heterocycles. The summed E-state index contributed by atoms with van der Waals surface area (Å²) in [5.74, 6) is -0.289. The highest BCUT2D eigenvalue weighted by Crippen LogP contribution is 2.37. The van der Waals surface area contributed by atoms with Gasteiger partial charge >= 0.3 is 6.18 Å². The molecule has 0 N–H and O–H groups in total. The van der Waals surface area contributed by atoms with E-state index in [2.05, 4.69) is 17.8 Å². The fraction of sp³-hybridized carbons (Fsp3) is 0.214. The number of rotatable bonds is 2. The Balaban J connectivity index is 0.000000287. The number of thiol groups is 1. The molecule has 1 aromatic carbocycles. The zero-order chi connectivity index (χ0) is 16.8. The van der Waals surface area contributed by atoms with Crippen LogP contribution >= 0.6 is 24.4 Å². The molecule has 2 aromatic rings. The van der Waals surface area contributed by atoms with Gasteiger partial charge in [-0.1, -0.05) is 36.5 Å². The van der Waals surface area contributed by atoms with Gasteiger partial charge in [0.05, 0.1) is 6.20 Å². The summed E-state index contributed by atoms with van der Waals surface area (Å²) >= 11 is 9.30. The summed E-state index contributed by atoms with van der Waals surface area (Å²) in [4.78, 5) is 3.51. The van der Waals surface area contributed by atoms with Gasteiger partial charge in [-0.2, -0.15) is 13.2 Å². The number of pyridine rings is 1. The lowest BCUT2D eigenvalue weighted by Gasteiger charge is -2.25. The van der Waals surface area contributed by atoms with Gasteiger partial charge < -0.3 is 0 Å². The van der Waals surface area contributed by atoms with E-state index in [1.807, 2.05) is 0 Å². The third kappa shape index (κ3) is 6.21. The van der Waals surface area contributed by atoms with E-state index in [1.165, 1.54) is 49.8 Å². The quantitative estimate of drug-likeness (QED) is 0.608. The van der Waals surface area contributed by atoms with Gasteiger partial charge in [-0.05, 0) is 36.9 Å². The summed E-state index contributed by atoms with van der Waals surface area (Å²) in [5, 5.41) is 0.404. The molecule has 0 saturated carbocycles. The van der Waals surface area contributed by atoms with Gasteiger partial charge in [-0.15, -0.1) is 0 Å². The predicted octanol–water partition coefficient (Wildman–Crippen LogP) is 4.94. The van der Waals surface area contributed by atoms with Gasteiger partial charge in [0.1, 0.15) is 11.9 Å². The van der Waals surface area contributed by atoms with Gasteiger partial charge in [0.25, 0.3) is 0 Å². The molecule has 8 heteroatoms. The van der Waals surface area contributed by atoms with Gasteiger partial charge in [-0.3, -0.25) is 4.98 Å². The van der Waals surface area contributed by atoms with Crippen LogP contribution in [-0.4, -0.2) is 22.5 Å². The minimum absolute atomic E-state index is 0.115. The first-order chi connectivity index (χ1) is 10.2. The summed E-state index contributed by atoms with van der Waals surface area (Å²) in [6.07, 6.45) is -1.66. The normalized spacial score (nSPS) is 12.5. The molecule has 2 nitrogen and oxygen atoms in total. The van der Waals surface area contributed by atoms with Crippen molar-refractivity contribution in [3.63, 3.8) is 0 Å². The Bertz CT molecular complexity index is 561. The molecule has 1 heterocycles.